The molecule has 0 aromatic carbocycles. The average Bonchev–Trinajstić information content (AvgIpc) is 3.02. The Labute approximate surface area is 122 Å². The van der Waals surface area contributed by atoms with Crippen LogP contribution in [0, 0.1) is 5.92 Å². The zero-order chi connectivity index (χ0) is 14.7. The van der Waals surface area contributed by atoms with E-state index in [1.54, 1.807) is 23.3 Å². The van der Waals surface area contributed by atoms with Gasteiger partial charge in [0.25, 0.3) is 0 Å². The molecule has 2 N–H and O–H groups in total. The Morgan fingerprint density at radius 2 is 2.38 bits per heavy atom. The molecule has 1 saturated heterocycles. The van der Waals surface area contributed by atoms with Crippen LogP contribution in [0.4, 0.5) is 5.69 Å². The molecule has 1 amide bonds. The van der Waals surface area contributed by atoms with E-state index in [0.29, 0.717) is 17.5 Å². The molecular weight excluding hydrogens is 268 g/mol. The van der Waals surface area contributed by atoms with Crippen LogP contribution in [-0.4, -0.2) is 38.2 Å². The predicted molar refractivity (Wildman–Crippen MR) is 78.0 cm³/mol. The predicted octanol–water partition coefficient (Wildman–Crippen LogP) is 0.989. The van der Waals surface area contributed by atoms with Gasteiger partial charge in [0.1, 0.15) is 12.7 Å². The van der Waals surface area contributed by atoms with Gasteiger partial charge in [0, 0.05) is 12.0 Å². The molecule has 0 bridgehead atoms. The van der Waals surface area contributed by atoms with Crippen molar-refractivity contribution >= 4 is 11.6 Å². The van der Waals surface area contributed by atoms with Crippen molar-refractivity contribution in [1.29, 1.82) is 0 Å². The SMILES string of the molecule is C[C@H]1C[C@@H](C(=O)Nc2ccc(-n3cncn3)nc2)CCN1. The Bertz CT molecular complexity index is 594. The second-order valence-corrected chi connectivity index (χ2v) is 5.31. The van der Waals surface area contributed by atoms with Gasteiger partial charge in [0.2, 0.25) is 5.91 Å². The Balaban J connectivity index is 1.63. The van der Waals surface area contributed by atoms with Gasteiger partial charge in [-0.3, -0.25) is 4.79 Å². The molecule has 7 heteroatoms. The van der Waals surface area contributed by atoms with Crippen LogP contribution >= 0.6 is 0 Å². The summed E-state index contributed by atoms with van der Waals surface area (Å²) in [6.07, 6.45) is 6.42. The van der Waals surface area contributed by atoms with Crippen molar-refractivity contribution < 1.29 is 4.79 Å². The minimum absolute atomic E-state index is 0.0660. The lowest BCUT2D eigenvalue weighted by molar-refractivity contribution is -0.120. The highest BCUT2D eigenvalue weighted by molar-refractivity contribution is 5.92. The van der Waals surface area contributed by atoms with Crippen molar-refractivity contribution in [2.24, 2.45) is 5.92 Å². The molecule has 0 aliphatic carbocycles. The molecule has 3 heterocycles. The van der Waals surface area contributed by atoms with Crippen LogP contribution < -0.4 is 10.6 Å². The summed E-state index contributed by atoms with van der Waals surface area (Å²) in [6, 6.07) is 4.02. The first-order valence-corrected chi connectivity index (χ1v) is 7.07. The lowest BCUT2D eigenvalue weighted by Gasteiger charge is -2.27. The fraction of sp³-hybridized carbons (Fsp3) is 0.429. The number of hydrogen-bond donors (Lipinski definition) is 2. The highest BCUT2D eigenvalue weighted by Crippen LogP contribution is 2.18. The van der Waals surface area contributed by atoms with Gasteiger partial charge in [-0.05, 0) is 38.4 Å². The summed E-state index contributed by atoms with van der Waals surface area (Å²) < 4.78 is 1.57. The molecule has 7 nitrogen and oxygen atoms in total. The van der Waals surface area contributed by atoms with Gasteiger partial charge < -0.3 is 10.6 Å². The van der Waals surface area contributed by atoms with Gasteiger partial charge in [-0.2, -0.15) is 5.10 Å². The number of carbonyl (C=O) groups excluding carboxylic acids is 1. The molecule has 1 aliphatic heterocycles. The lowest BCUT2D eigenvalue weighted by Crippen LogP contribution is -2.40. The monoisotopic (exact) mass is 286 g/mol. The standard InChI is InChI=1S/C14H18N6O/c1-10-6-11(4-5-16-10)14(21)19-12-2-3-13(17-7-12)20-9-15-8-18-20/h2-3,7-11,16H,4-6H2,1H3,(H,19,21)/t10-,11-/m0/s1. The van der Waals surface area contributed by atoms with Crippen molar-refractivity contribution in [2.45, 2.75) is 25.8 Å². The van der Waals surface area contributed by atoms with Gasteiger partial charge in [-0.15, -0.1) is 0 Å². The van der Waals surface area contributed by atoms with Crippen molar-refractivity contribution in [1.82, 2.24) is 25.1 Å². The molecule has 1 fully saturated rings. The highest BCUT2D eigenvalue weighted by Gasteiger charge is 2.24. The molecule has 2 atom stereocenters. The number of pyridine rings is 1. The van der Waals surface area contributed by atoms with Crippen LogP contribution in [-0.2, 0) is 4.79 Å². The van der Waals surface area contributed by atoms with Crippen LogP contribution in [0.15, 0.2) is 31.0 Å². The van der Waals surface area contributed by atoms with E-state index in [-0.39, 0.29) is 11.8 Å². The average molecular weight is 286 g/mol. The van der Waals surface area contributed by atoms with E-state index in [2.05, 4.69) is 32.6 Å². The summed E-state index contributed by atoms with van der Waals surface area (Å²) in [5.41, 5.74) is 0.704. The van der Waals surface area contributed by atoms with E-state index in [9.17, 15) is 4.79 Å². The Morgan fingerprint density at radius 1 is 1.48 bits per heavy atom. The first-order chi connectivity index (χ1) is 10.2. The number of aromatic nitrogens is 4. The number of piperidine rings is 1. The number of anilines is 1. The Kier molecular flexibility index (Phi) is 3.92. The van der Waals surface area contributed by atoms with Gasteiger partial charge in [0.05, 0.1) is 11.9 Å². The van der Waals surface area contributed by atoms with E-state index in [0.717, 1.165) is 19.4 Å². The molecule has 2 aromatic heterocycles. The molecule has 0 radical (unpaired) electrons. The highest BCUT2D eigenvalue weighted by atomic mass is 16.1. The fourth-order valence-electron chi connectivity index (χ4n) is 2.54. The largest absolute Gasteiger partial charge is 0.324 e. The van der Waals surface area contributed by atoms with Crippen LogP contribution in [0.5, 0.6) is 0 Å². The van der Waals surface area contributed by atoms with Crippen LogP contribution in [0.1, 0.15) is 19.8 Å². The third-order valence-corrected chi connectivity index (χ3v) is 3.66. The molecule has 110 valence electrons. The fourth-order valence-corrected chi connectivity index (χ4v) is 2.54. The minimum atomic E-state index is 0.0660. The maximum absolute atomic E-state index is 12.2. The second-order valence-electron chi connectivity index (χ2n) is 5.31. The summed E-state index contributed by atoms with van der Waals surface area (Å²) in [5.74, 6) is 0.802. The maximum Gasteiger partial charge on any atom is 0.227 e. The third kappa shape index (κ3) is 3.25. The van der Waals surface area contributed by atoms with E-state index in [4.69, 9.17) is 0 Å². The lowest BCUT2D eigenvalue weighted by atomic mass is 9.92. The zero-order valence-electron chi connectivity index (χ0n) is 11.9. The number of hydrogen-bond acceptors (Lipinski definition) is 5. The molecule has 0 unspecified atom stereocenters. The zero-order valence-corrected chi connectivity index (χ0v) is 11.9. The summed E-state index contributed by atoms with van der Waals surface area (Å²) in [6.45, 7) is 3.00. The molecule has 0 saturated carbocycles. The smallest absolute Gasteiger partial charge is 0.227 e. The summed E-state index contributed by atoms with van der Waals surface area (Å²) >= 11 is 0. The van der Waals surface area contributed by atoms with E-state index in [1.807, 2.05) is 6.07 Å². The normalized spacial score (nSPS) is 22.0. The molecule has 0 spiro atoms. The number of carbonyl (C=O) groups is 1. The summed E-state index contributed by atoms with van der Waals surface area (Å²) in [7, 11) is 0. The molecule has 3 rings (SSSR count). The molecule has 1 aliphatic rings. The van der Waals surface area contributed by atoms with Crippen molar-refractivity contribution in [3.8, 4) is 5.82 Å². The van der Waals surface area contributed by atoms with Gasteiger partial charge in [-0.1, -0.05) is 0 Å². The van der Waals surface area contributed by atoms with E-state index in [1.165, 1.54) is 6.33 Å². The number of amides is 1. The van der Waals surface area contributed by atoms with Crippen molar-refractivity contribution in [2.75, 3.05) is 11.9 Å². The summed E-state index contributed by atoms with van der Waals surface area (Å²) in [5, 5.41) is 10.3. The molecule has 21 heavy (non-hydrogen) atoms. The van der Waals surface area contributed by atoms with Crippen LogP contribution in [0.2, 0.25) is 0 Å². The second kappa shape index (κ2) is 6.01. The number of nitrogens with one attached hydrogen (secondary N) is 2. The van der Waals surface area contributed by atoms with Crippen LogP contribution in [0.3, 0.4) is 0 Å². The van der Waals surface area contributed by atoms with Crippen molar-refractivity contribution in [3.05, 3.63) is 31.0 Å². The quantitative estimate of drug-likeness (QED) is 0.879. The third-order valence-electron chi connectivity index (χ3n) is 3.66. The van der Waals surface area contributed by atoms with Gasteiger partial charge >= 0.3 is 0 Å². The first kappa shape index (κ1) is 13.7. The van der Waals surface area contributed by atoms with E-state index < -0.39 is 0 Å². The Morgan fingerprint density at radius 3 is 3.05 bits per heavy atom. The van der Waals surface area contributed by atoms with Crippen LogP contribution in [0.25, 0.3) is 5.82 Å². The van der Waals surface area contributed by atoms with Crippen molar-refractivity contribution in [3.63, 3.8) is 0 Å². The number of rotatable bonds is 3. The van der Waals surface area contributed by atoms with E-state index >= 15 is 0 Å². The number of nitrogens with zero attached hydrogens (tertiary/aromatic N) is 4. The van der Waals surface area contributed by atoms with Gasteiger partial charge in [-0.25, -0.2) is 14.6 Å². The molecular formula is C14H18N6O. The Hall–Kier alpha value is -2.28. The molecule has 2 aromatic rings. The maximum atomic E-state index is 12.2. The minimum Gasteiger partial charge on any atom is -0.324 e. The topological polar surface area (TPSA) is 84.7 Å². The summed E-state index contributed by atoms with van der Waals surface area (Å²) in [4.78, 5) is 20.4. The van der Waals surface area contributed by atoms with Gasteiger partial charge in [0.15, 0.2) is 5.82 Å². The first-order valence-electron chi connectivity index (χ1n) is 7.07.